The third-order valence-corrected chi connectivity index (χ3v) is 5.67. The Morgan fingerprint density at radius 1 is 1.06 bits per heavy atom. The summed E-state index contributed by atoms with van der Waals surface area (Å²) in [5.41, 5.74) is 2.87. The molecule has 2 aromatic carbocycles. The molecule has 168 valence electrons. The molecule has 33 heavy (non-hydrogen) atoms. The number of rotatable bonds is 9. The molecule has 2 aromatic heterocycles. The number of carbonyl (C=O) groups excluding carboxylic acids is 3. The molecule has 0 radical (unpaired) electrons. The maximum atomic E-state index is 13.0. The molecule has 4 rings (SSSR count). The van der Waals surface area contributed by atoms with Crippen LogP contribution in [0.25, 0.3) is 22.2 Å². The number of ketones is 1. The van der Waals surface area contributed by atoms with Crippen LogP contribution in [-0.4, -0.2) is 45.9 Å². The molecular weight excluding hydrogens is 442 g/mol. The van der Waals surface area contributed by atoms with Gasteiger partial charge in [0.05, 0.1) is 22.8 Å². The molecule has 0 spiro atoms. The fourth-order valence-electron chi connectivity index (χ4n) is 3.34. The molecule has 0 aliphatic carbocycles. The van der Waals surface area contributed by atoms with E-state index in [2.05, 4.69) is 15.5 Å². The third-order valence-electron chi connectivity index (χ3n) is 4.76. The number of fused-ring (bicyclic) bond motifs is 1. The van der Waals surface area contributed by atoms with Crippen molar-refractivity contribution in [3.05, 3.63) is 72.0 Å². The van der Waals surface area contributed by atoms with E-state index in [4.69, 9.17) is 9.26 Å². The minimum absolute atomic E-state index is 0.0373. The van der Waals surface area contributed by atoms with Crippen molar-refractivity contribution in [3.8, 4) is 11.3 Å². The van der Waals surface area contributed by atoms with Gasteiger partial charge in [0, 0.05) is 17.0 Å². The van der Waals surface area contributed by atoms with Crippen LogP contribution in [0.1, 0.15) is 16.1 Å². The highest BCUT2D eigenvalue weighted by molar-refractivity contribution is 8.00. The van der Waals surface area contributed by atoms with Crippen molar-refractivity contribution in [3.63, 3.8) is 0 Å². The van der Waals surface area contributed by atoms with Crippen LogP contribution in [0.5, 0.6) is 0 Å². The second-order valence-electron chi connectivity index (χ2n) is 7.23. The second-order valence-corrected chi connectivity index (χ2v) is 8.22. The number of aromatic nitrogens is 2. The number of Topliss-reactive ketones (excluding diaryl/α,β-unsaturated/α-hetero) is 1. The lowest BCUT2D eigenvalue weighted by Crippen LogP contribution is -2.18. The average molecular weight is 464 g/mol. The monoisotopic (exact) mass is 463 g/mol. The number of hydrogen-bond donors (Lipinski definition) is 2. The number of aryl methyl sites for hydroxylation is 1. The number of hydrogen-bond acceptors (Lipinski definition) is 7. The zero-order valence-corrected chi connectivity index (χ0v) is 18.6. The van der Waals surface area contributed by atoms with E-state index in [0.717, 1.165) is 28.2 Å². The molecule has 0 saturated carbocycles. The van der Waals surface area contributed by atoms with E-state index in [1.165, 1.54) is 0 Å². The van der Waals surface area contributed by atoms with Gasteiger partial charge in [0.15, 0.2) is 12.4 Å². The maximum Gasteiger partial charge on any atom is 0.316 e. The van der Waals surface area contributed by atoms with Gasteiger partial charge in [-0.2, -0.15) is 0 Å². The van der Waals surface area contributed by atoms with E-state index in [-0.39, 0.29) is 29.8 Å². The molecule has 0 unspecified atom stereocenters. The molecule has 9 heteroatoms. The minimum atomic E-state index is -0.570. The Hall–Kier alpha value is -3.85. The summed E-state index contributed by atoms with van der Waals surface area (Å²) in [5.74, 6) is -0.309. The standard InChI is InChI=1S/C24H21N3O5S/c1-15-11-20(27-32-15)26-21(29)13-33-14-22(30)31-12-19(28)23-17-9-5-6-10-18(17)25-24(23)16-7-3-2-4-8-16/h2-11,25H,12-14H2,1H3,(H,26,27,29). The topological polar surface area (TPSA) is 114 Å². The summed E-state index contributed by atoms with van der Waals surface area (Å²) in [4.78, 5) is 40.3. The van der Waals surface area contributed by atoms with Crippen molar-refractivity contribution in [1.29, 1.82) is 0 Å². The van der Waals surface area contributed by atoms with E-state index in [1.807, 2.05) is 54.6 Å². The second kappa shape index (κ2) is 10.2. The van der Waals surface area contributed by atoms with Gasteiger partial charge in [0.1, 0.15) is 5.76 Å². The molecule has 0 bridgehead atoms. The molecule has 0 fully saturated rings. The SMILES string of the molecule is Cc1cc(NC(=O)CSCC(=O)OCC(=O)c2c(-c3ccccc3)[nH]c3ccccc23)no1. The normalized spacial score (nSPS) is 10.8. The molecule has 2 heterocycles. The van der Waals surface area contributed by atoms with Crippen LogP contribution in [0.15, 0.2) is 65.2 Å². The Morgan fingerprint density at radius 2 is 1.82 bits per heavy atom. The Labute approximate surface area is 193 Å². The van der Waals surface area contributed by atoms with Crippen LogP contribution in [0.3, 0.4) is 0 Å². The lowest BCUT2D eigenvalue weighted by Gasteiger charge is -2.07. The number of nitrogens with one attached hydrogen (secondary N) is 2. The number of aromatic amines is 1. The summed E-state index contributed by atoms with van der Waals surface area (Å²) in [6, 6.07) is 18.6. The molecule has 0 aliphatic rings. The molecule has 2 N–H and O–H groups in total. The molecule has 8 nitrogen and oxygen atoms in total. The maximum absolute atomic E-state index is 13.0. The molecule has 1 amide bonds. The highest BCUT2D eigenvalue weighted by atomic mass is 32.2. The largest absolute Gasteiger partial charge is 0.457 e. The molecule has 0 aliphatic heterocycles. The van der Waals surface area contributed by atoms with Crippen molar-refractivity contribution in [2.75, 3.05) is 23.4 Å². The summed E-state index contributed by atoms with van der Waals surface area (Å²) in [6.45, 7) is 1.33. The van der Waals surface area contributed by atoms with Crippen molar-refractivity contribution in [2.24, 2.45) is 0 Å². The number of thioether (sulfide) groups is 1. The number of H-pyrrole nitrogens is 1. The van der Waals surface area contributed by atoms with E-state index in [9.17, 15) is 14.4 Å². The van der Waals surface area contributed by atoms with Crippen LogP contribution in [0.2, 0.25) is 0 Å². The first kappa shape index (κ1) is 22.3. The van der Waals surface area contributed by atoms with Crippen molar-refractivity contribution >= 4 is 46.1 Å². The first-order chi connectivity index (χ1) is 16.0. The first-order valence-electron chi connectivity index (χ1n) is 10.2. The Morgan fingerprint density at radius 3 is 2.58 bits per heavy atom. The van der Waals surface area contributed by atoms with Crippen LogP contribution in [-0.2, 0) is 14.3 Å². The lowest BCUT2D eigenvalue weighted by molar-refractivity contribution is -0.139. The van der Waals surface area contributed by atoms with E-state index in [0.29, 0.717) is 22.8 Å². The minimum Gasteiger partial charge on any atom is -0.457 e. The fourth-order valence-corrected chi connectivity index (χ4v) is 3.95. The van der Waals surface area contributed by atoms with Gasteiger partial charge in [0.2, 0.25) is 11.7 Å². The molecular formula is C24H21N3O5S. The van der Waals surface area contributed by atoms with Crippen molar-refractivity contribution in [2.45, 2.75) is 6.92 Å². The zero-order valence-electron chi connectivity index (χ0n) is 17.8. The Bertz CT molecular complexity index is 1300. The quantitative estimate of drug-likeness (QED) is 0.282. The summed E-state index contributed by atoms with van der Waals surface area (Å²) in [5, 5.41) is 7.01. The van der Waals surface area contributed by atoms with Crippen molar-refractivity contribution in [1.82, 2.24) is 10.1 Å². The number of carbonyl (C=O) groups is 3. The summed E-state index contributed by atoms with van der Waals surface area (Å²) in [6.07, 6.45) is 0. The van der Waals surface area contributed by atoms with E-state index in [1.54, 1.807) is 13.0 Å². The predicted octanol–water partition coefficient (Wildman–Crippen LogP) is 4.23. The molecule has 4 aromatic rings. The first-order valence-corrected chi connectivity index (χ1v) is 11.3. The number of para-hydroxylation sites is 1. The van der Waals surface area contributed by atoms with Crippen LogP contribution in [0.4, 0.5) is 5.82 Å². The number of benzene rings is 2. The third kappa shape index (κ3) is 5.50. The van der Waals surface area contributed by atoms with Gasteiger partial charge in [-0.05, 0) is 18.6 Å². The van der Waals surface area contributed by atoms with Crippen LogP contribution < -0.4 is 5.32 Å². The lowest BCUT2D eigenvalue weighted by atomic mass is 10.0. The zero-order chi connectivity index (χ0) is 23.2. The van der Waals surface area contributed by atoms with Gasteiger partial charge in [-0.25, -0.2) is 0 Å². The predicted molar refractivity (Wildman–Crippen MR) is 126 cm³/mol. The summed E-state index contributed by atoms with van der Waals surface area (Å²) < 4.78 is 10.1. The number of amides is 1. The van der Waals surface area contributed by atoms with Gasteiger partial charge in [0.25, 0.3) is 0 Å². The highest BCUT2D eigenvalue weighted by Gasteiger charge is 2.21. The summed E-state index contributed by atoms with van der Waals surface area (Å²) >= 11 is 1.08. The van der Waals surface area contributed by atoms with Gasteiger partial charge < -0.3 is 19.6 Å². The smallest absolute Gasteiger partial charge is 0.316 e. The van der Waals surface area contributed by atoms with Gasteiger partial charge in [-0.15, -0.1) is 11.8 Å². The van der Waals surface area contributed by atoms with Gasteiger partial charge in [-0.1, -0.05) is 53.7 Å². The molecule has 0 atom stereocenters. The Balaban J connectivity index is 1.34. The number of nitrogens with zero attached hydrogens (tertiary/aromatic N) is 1. The Kier molecular flexibility index (Phi) is 6.89. The number of esters is 1. The molecule has 0 saturated heterocycles. The van der Waals surface area contributed by atoms with Crippen LogP contribution >= 0.6 is 11.8 Å². The van der Waals surface area contributed by atoms with Crippen molar-refractivity contribution < 1.29 is 23.6 Å². The average Bonchev–Trinajstić information content (AvgIpc) is 3.41. The van der Waals surface area contributed by atoms with Gasteiger partial charge in [-0.3, -0.25) is 14.4 Å². The number of anilines is 1. The van der Waals surface area contributed by atoms with E-state index >= 15 is 0 Å². The van der Waals surface area contributed by atoms with E-state index < -0.39 is 5.97 Å². The van der Waals surface area contributed by atoms with Gasteiger partial charge >= 0.3 is 5.97 Å². The van der Waals surface area contributed by atoms with Crippen LogP contribution in [0, 0.1) is 6.92 Å². The fraction of sp³-hybridized carbons (Fsp3) is 0.167. The highest BCUT2D eigenvalue weighted by Crippen LogP contribution is 2.30. The summed E-state index contributed by atoms with van der Waals surface area (Å²) in [7, 11) is 0. The number of ether oxygens (including phenoxy) is 1.